The third-order valence-electron chi connectivity index (χ3n) is 5.11. The average molecular weight is 283 g/mol. The fourth-order valence-electron chi connectivity index (χ4n) is 3.24. The zero-order valence-corrected chi connectivity index (χ0v) is 15.2. The summed E-state index contributed by atoms with van der Waals surface area (Å²) in [5.74, 6) is 0. The number of hydrogen-bond donors (Lipinski definition) is 0. The van der Waals surface area contributed by atoms with Crippen molar-refractivity contribution in [2.24, 2.45) is 0 Å². The minimum absolute atomic E-state index is 1.10. The molecule has 0 heterocycles. The highest BCUT2D eigenvalue weighted by molar-refractivity contribution is 6.86. The van der Waals surface area contributed by atoms with Crippen LogP contribution in [0.1, 0.15) is 85.5 Å². The van der Waals surface area contributed by atoms with Crippen molar-refractivity contribution in [3.63, 3.8) is 0 Å². The third kappa shape index (κ3) is 7.34. The van der Waals surface area contributed by atoms with E-state index in [0.29, 0.717) is 0 Å². The number of rotatable bonds is 13. The quantitative estimate of drug-likeness (QED) is 0.249. The molecule has 19 heavy (non-hydrogen) atoms. The molecular weight excluding hydrogens is 244 g/mol. The van der Waals surface area contributed by atoms with E-state index < -0.39 is 8.07 Å². The van der Waals surface area contributed by atoms with Gasteiger partial charge in [-0.05, 0) is 12.8 Å². The van der Waals surface area contributed by atoms with Crippen molar-refractivity contribution in [1.29, 1.82) is 0 Å². The summed E-state index contributed by atoms with van der Waals surface area (Å²) in [6.07, 6.45) is 12.7. The van der Waals surface area contributed by atoms with Gasteiger partial charge in [0.2, 0.25) is 0 Å². The summed E-state index contributed by atoms with van der Waals surface area (Å²) in [5, 5.41) is 1.66. The summed E-state index contributed by atoms with van der Waals surface area (Å²) in [5.41, 5.74) is 0. The fraction of sp³-hybridized carbons (Fsp3) is 0.889. The van der Waals surface area contributed by atoms with Crippen LogP contribution in [0.25, 0.3) is 0 Å². The van der Waals surface area contributed by atoms with Crippen LogP contribution in [0.2, 0.25) is 18.1 Å². The van der Waals surface area contributed by atoms with Crippen molar-refractivity contribution in [1.82, 2.24) is 0 Å². The van der Waals surface area contributed by atoms with Crippen LogP contribution >= 0.6 is 0 Å². The Morgan fingerprint density at radius 3 is 1.53 bits per heavy atom. The van der Waals surface area contributed by atoms with E-state index >= 15 is 0 Å². The second-order valence-corrected chi connectivity index (χ2v) is 11.6. The van der Waals surface area contributed by atoms with Gasteiger partial charge in [-0.1, -0.05) is 96.0 Å². The van der Waals surface area contributed by atoms with Gasteiger partial charge in [-0.15, -0.1) is 6.58 Å². The van der Waals surface area contributed by atoms with E-state index in [9.17, 15) is 0 Å². The number of hydrogen-bond acceptors (Lipinski definition) is 0. The van der Waals surface area contributed by atoms with Crippen LogP contribution in [-0.2, 0) is 0 Å². The average Bonchev–Trinajstić information content (AvgIpc) is 2.44. The molecule has 0 aliphatic carbocycles. The summed E-state index contributed by atoms with van der Waals surface area (Å²) in [4.78, 5) is 0. The standard InChI is InChI=1S/C18H38Si/c1-6-10-11-12-13-14-15-16-17-18(5)19(7-2,8-3)9-4/h5-17H2,1-4H3. The van der Waals surface area contributed by atoms with E-state index in [-0.39, 0.29) is 0 Å². The van der Waals surface area contributed by atoms with Gasteiger partial charge in [-0.3, -0.25) is 0 Å². The molecule has 0 amide bonds. The van der Waals surface area contributed by atoms with E-state index in [2.05, 4.69) is 34.3 Å². The zero-order valence-electron chi connectivity index (χ0n) is 14.2. The highest BCUT2D eigenvalue weighted by atomic mass is 28.3. The number of unbranched alkanes of at least 4 members (excludes halogenated alkanes) is 7. The van der Waals surface area contributed by atoms with Crippen molar-refractivity contribution in [2.45, 2.75) is 104 Å². The highest BCUT2D eigenvalue weighted by Gasteiger charge is 2.29. The Morgan fingerprint density at radius 2 is 1.11 bits per heavy atom. The van der Waals surface area contributed by atoms with Gasteiger partial charge in [-0.25, -0.2) is 0 Å². The fourth-order valence-corrected chi connectivity index (χ4v) is 6.94. The maximum absolute atomic E-state index is 4.46. The van der Waals surface area contributed by atoms with E-state index in [0.717, 1.165) is 0 Å². The molecule has 0 aliphatic heterocycles. The second kappa shape index (κ2) is 11.8. The van der Waals surface area contributed by atoms with Crippen LogP contribution in [-0.4, -0.2) is 8.07 Å². The third-order valence-corrected chi connectivity index (χ3v) is 10.9. The van der Waals surface area contributed by atoms with Crippen LogP contribution in [0.4, 0.5) is 0 Å². The molecule has 0 atom stereocenters. The Bertz CT molecular complexity index is 207. The molecule has 0 aromatic heterocycles. The van der Waals surface area contributed by atoms with Gasteiger partial charge < -0.3 is 0 Å². The normalized spacial score (nSPS) is 11.8. The molecular formula is C18H38Si. The zero-order chi connectivity index (χ0) is 14.6. The molecule has 0 rings (SSSR count). The van der Waals surface area contributed by atoms with Crippen molar-refractivity contribution < 1.29 is 0 Å². The molecule has 0 aromatic carbocycles. The van der Waals surface area contributed by atoms with Crippen LogP contribution in [0, 0.1) is 0 Å². The molecule has 0 aromatic rings. The molecule has 0 saturated heterocycles. The molecule has 0 unspecified atom stereocenters. The first-order valence-corrected chi connectivity index (χ1v) is 11.5. The molecule has 0 nitrogen and oxygen atoms in total. The molecule has 0 N–H and O–H groups in total. The van der Waals surface area contributed by atoms with Crippen molar-refractivity contribution in [2.75, 3.05) is 0 Å². The van der Waals surface area contributed by atoms with Gasteiger partial charge in [0.25, 0.3) is 0 Å². The van der Waals surface area contributed by atoms with Crippen LogP contribution < -0.4 is 0 Å². The Kier molecular flexibility index (Phi) is 11.7. The topological polar surface area (TPSA) is 0 Å². The van der Waals surface area contributed by atoms with Crippen molar-refractivity contribution in [3.05, 3.63) is 11.8 Å². The lowest BCUT2D eigenvalue weighted by molar-refractivity contribution is 0.576. The largest absolute Gasteiger partial charge is 0.104 e. The Balaban J connectivity index is 3.68. The highest BCUT2D eigenvalue weighted by Crippen LogP contribution is 2.30. The van der Waals surface area contributed by atoms with Gasteiger partial charge in [0.15, 0.2) is 0 Å². The smallest absolute Gasteiger partial charge is 0.0799 e. The predicted molar refractivity (Wildman–Crippen MR) is 93.6 cm³/mol. The Labute approximate surface area is 124 Å². The van der Waals surface area contributed by atoms with Gasteiger partial charge in [-0.2, -0.15) is 0 Å². The summed E-state index contributed by atoms with van der Waals surface area (Å²) in [6.45, 7) is 13.9. The maximum atomic E-state index is 4.46. The minimum Gasteiger partial charge on any atom is -0.104 e. The van der Waals surface area contributed by atoms with Crippen LogP contribution in [0.5, 0.6) is 0 Å². The number of allylic oxidation sites excluding steroid dienone is 1. The van der Waals surface area contributed by atoms with Crippen molar-refractivity contribution >= 4 is 8.07 Å². The molecule has 0 aliphatic rings. The lowest BCUT2D eigenvalue weighted by Gasteiger charge is -2.30. The Hall–Kier alpha value is -0.0431. The molecule has 1 heteroatoms. The SMILES string of the molecule is C=C(CCCCCCCCCC)[Si](CC)(CC)CC. The van der Waals surface area contributed by atoms with Crippen LogP contribution in [0.15, 0.2) is 11.8 Å². The van der Waals surface area contributed by atoms with E-state index in [1.807, 2.05) is 0 Å². The van der Waals surface area contributed by atoms with E-state index in [1.165, 1.54) is 75.9 Å². The molecule has 0 fully saturated rings. The molecule has 0 radical (unpaired) electrons. The molecule has 0 saturated carbocycles. The summed E-state index contributed by atoms with van der Waals surface area (Å²) >= 11 is 0. The second-order valence-electron chi connectivity index (χ2n) is 6.17. The predicted octanol–water partition coefficient (Wildman–Crippen LogP) is 7.12. The van der Waals surface area contributed by atoms with Gasteiger partial charge >= 0.3 is 0 Å². The van der Waals surface area contributed by atoms with E-state index in [1.54, 1.807) is 5.20 Å². The van der Waals surface area contributed by atoms with Gasteiger partial charge in [0.1, 0.15) is 0 Å². The first-order chi connectivity index (χ1) is 9.16. The maximum Gasteiger partial charge on any atom is 0.0799 e. The monoisotopic (exact) mass is 282 g/mol. The molecule has 114 valence electrons. The first kappa shape index (κ1) is 19.0. The minimum atomic E-state index is -1.10. The lowest BCUT2D eigenvalue weighted by atomic mass is 10.1. The first-order valence-electron chi connectivity index (χ1n) is 8.85. The van der Waals surface area contributed by atoms with Gasteiger partial charge in [0.05, 0.1) is 8.07 Å². The summed E-state index contributed by atoms with van der Waals surface area (Å²) in [7, 11) is -1.10. The Morgan fingerprint density at radius 1 is 0.684 bits per heavy atom. The lowest BCUT2D eigenvalue weighted by Crippen LogP contribution is -2.34. The van der Waals surface area contributed by atoms with E-state index in [4.69, 9.17) is 0 Å². The van der Waals surface area contributed by atoms with Gasteiger partial charge in [0, 0.05) is 0 Å². The molecule has 0 spiro atoms. The summed E-state index contributed by atoms with van der Waals surface area (Å²) < 4.78 is 0. The summed E-state index contributed by atoms with van der Waals surface area (Å²) in [6, 6.07) is 4.20. The van der Waals surface area contributed by atoms with Crippen LogP contribution in [0.3, 0.4) is 0 Å². The van der Waals surface area contributed by atoms with Crippen molar-refractivity contribution in [3.8, 4) is 0 Å². The molecule has 0 bridgehead atoms.